The van der Waals surface area contributed by atoms with Gasteiger partial charge < -0.3 is 9.29 Å². The van der Waals surface area contributed by atoms with Crippen LogP contribution in [0.15, 0.2) is 0 Å². The molecular formula is C10H16O4S. The highest BCUT2D eigenvalue weighted by molar-refractivity contribution is 7.79. The predicted molar refractivity (Wildman–Crippen MR) is 55.6 cm³/mol. The highest BCUT2D eigenvalue weighted by Crippen LogP contribution is 2.62. The van der Waals surface area contributed by atoms with Crippen LogP contribution in [0, 0.1) is 11.3 Å². The predicted octanol–water partition coefficient (Wildman–Crippen LogP) is 1.33. The van der Waals surface area contributed by atoms with Crippen LogP contribution in [0.4, 0.5) is 0 Å². The fourth-order valence-corrected chi connectivity index (χ4v) is 3.38. The van der Waals surface area contributed by atoms with Crippen LogP contribution in [-0.2, 0) is 20.6 Å². The van der Waals surface area contributed by atoms with Crippen molar-refractivity contribution in [2.45, 2.75) is 37.4 Å². The van der Waals surface area contributed by atoms with Crippen LogP contribution in [0.25, 0.3) is 0 Å². The molecule has 15 heavy (non-hydrogen) atoms. The molecule has 0 radical (unpaired) electrons. The van der Waals surface area contributed by atoms with Crippen molar-refractivity contribution in [1.82, 2.24) is 0 Å². The van der Waals surface area contributed by atoms with Gasteiger partial charge in [0.05, 0.1) is 18.3 Å². The Morgan fingerprint density at radius 3 is 2.53 bits per heavy atom. The molecule has 2 unspecified atom stereocenters. The van der Waals surface area contributed by atoms with Crippen LogP contribution >= 0.6 is 0 Å². The molecule has 0 aromatic rings. The first-order chi connectivity index (χ1) is 7.09. The Morgan fingerprint density at radius 2 is 2.07 bits per heavy atom. The van der Waals surface area contributed by atoms with Gasteiger partial charge in [0.2, 0.25) is 0 Å². The summed E-state index contributed by atoms with van der Waals surface area (Å²) in [6.45, 7) is 0. The molecule has 2 rings (SSSR count). The molecule has 86 valence electrons. The van der Waals surface area contributed by atoms with Gasteiger partial charge in [0.1, 0.15) is 0 Å². The molecule has 5 heteroatoms. The standard InChI is InChI=1S/C10H16O4S/c1-14-9(11)8-6-10(8)4-2-7(3-5-10)15(12)13/h7-8H,2-6H2,1H3,(H,12,13). The van der Waals surface area contributed by atoms with Crippen LogP contribution in [0.1, 0.15) is 32.1 Å². The number of methoxy groups -OCH3 is 1. The zero-order valence-electron chi connectivity index (χ0n) is 8.77. The minimum atomic E-state index is -1.70. The van der Waals surface area contributed by atoms with Crippen molar-refractivity contribution in [2.24, 2.45) is 11.3 Å². The van der Waals surface area contributed by atoms with Crippen LogP contribution in [-0.4, -0.2) is 27.1 Å². The van der Waals surface area contributed by atoms with E-state index >= 15 is 0 Å². The summed E-state index contributed by atoms with van der Waals surface area (Å²) in [7, 11) is 1.42. The second-order valence-electron chi connectivity index (χ2n) is 4.62. The molecule has 2 aliphatic rings. The van der Waals surface area contributed by atoms with Crippen LogP contribution in [0.5, 0.6) is 0 Å². The van der Waals surface area contributed by atoms with Crippen molar-refractivity contribution in [3.8, 4) is 0 Å². The second kappa shape index (κ2) is 3.87. The Labute approximate surface area is 91.7 Å². The van der Waals surface area contributed by atoms with Gasteiger partial charge in [-0.3, -0.25) is 4.79 Å². The molecule has 0 heterocycles. The average Bonchev–Trinajstić information content (AvgIpc) is 2.92. The van der Waals surface area contributed by atoms with Gasteiger partial charge in [0.25, 0.3) is 0 Å². The van der Waals surface area contributed by atoms with E-state index in [1.165, 1.54) is 7.11 Å². The zero-order valence-corrected chi connectivity index (χ0v) is 9.59. The van der Waals surface area contributed by atoms with E-state index in [0.29, 0.717) is 0 Å². The molecule has 0 bridgehead atoms. The van der Waals surface area contributed by atoms with Crippen LogP contribution in [0.2, 0.25) is 0 Å². The molecule has 2 aliphatic carbocycles. The van der Waals surface area contributed by atoms with Crippen molar-refractivity contribution >= 4 is 17.0 Å². The summed E-state index contributed by atoms with van der Waals surface area (Å²) in [6.07, 6.45) is 4.21. The average molecular weight is 232 g/mol. The summed E-state index contributed by atoms with van der Waals surface area (Å²) in [5, 5.41) is -0.0884. The van der Waals surface area contributed by atoms with Gasteiger partial charge in [0.15, 0.2) is 11.1 Å². The summed E-state index contributed by atoms with van der Waals surface area (Å²) in [5.74, 6) is -0.0610. The smallest absolute Gasteiger partial charge is 0.309 e. The largest absolute Gasteiger partial charge is 0.469 e. The Hall–Kier alpha value is -0.420. The van der Waals surface area contributed by atoms with Gasteiger partial charge in [-0.05, 0) is 37.5 Å². The minimum Gasteiger partial charge on any atom is -0.469 e. The van der Waals surface area contributed by atoms with Gasteiger partial charge in [-0.15, -0.1) is 0 Å². The van der Waals surface area contributed by atoms with Crippen molar-refractivity contribution in [3.63, 3.8) is 0 Å². The fourth-order valence-electron chi connectivity index (χ4n) is 2.74. The molecule has 2 saturated carbocycles. The molecule has 0 aliphatic heterocycles. The maximum Gasteiger partial charge on any atom is 0.309 e. The monoisotopic (exact) mass is 232 g/mol. The molecule has 0 aromatic carbocycles. The number of carbonyl (C=O) groups excluding carboxylic acids is 1. The lowest BCUT2D eigenvalue weighted by Gasteiger charge is -2.26. The van der Waals surface area contributed by atoms with E-state index < -0.39 is 11.1 Å². The molecule has 0 amide bonds. The van der Waals surface area contributed by atoms with Crippen LogP contribution < -0.4 is 0 Å². The molecule has 1 spiro atoms. The first-order valence-corrected chi connectivity index (χ1v) is 6.43. The summed E-state index contributed by atoms with van der Waals surface area (Å²) < 4.78 is 24.6. The lowest BCUT2D eigenvalue weighted by Crippen LogP contribution is -2.25. The van der Waals surface area contributed by atoms with Crippen molar-refractivity contribution in [1.29, 1.82) is 0 Å². The van der Waals surface area contributed by atoms with Crippen molar-refractivity contribution in [3.05, 3.63) is 0 Å². The highest BCUT2D eigenvalue weighted by Gasteiger charge is 2.59. The van der Waals surface area contributed by atoms with E-state index in [1.807, 2.05) is 0 Å². The molecule has 0 saturated heterocycles. The fraction of sp³-hybridized carbons (Fsp3) is 0.900. The molecule has 0 aromatic heterocycles. The number of ether oxygens (including phenoxy) is 1. The topological polar surface area (TPSA) is 63.6 Å². The zero-order chi connectivity index (χ0) is 11.1. The minimum absolute atomic E-state index is 0.0515. The molecule has 2 fully saturated rings. The molecule has 2 atom stereocenters. The van der Waals surface area contributed by atoms with E-state index in [9.17, 15) is 9.00 Å². The van der Waals surface area contributed by atoms with E-state index in [4.69, 9.17) is 9.29 Å². The Balaban J connectivity index is 1.90. The summed E-state index contributed by atoms with van der Waals surface area (Å²) >= 11 is -1.70. The van der Waals surface area contributed by atoms with Gasteiger partial charge >= 0.3 is 5.97 Å². The highest BCUT2D eigenvalue weighted by atomic mass is 32.2. The number of rotatable bonds is 2. The van der Waals surface area contributed by atoms with Crippen LogP contribution in [0.3, 0.4) is 0 Å². The third-order valence-electron chi connectivity index (χ3n) is 3.89. The maximum atomic E-state index is 11.3. The number of hydrogen-bond acceptors (Lipinski definition) is 3. The van der Waals surface area contributed by atoms with E-state index in [-0.39, 0.29) is 22.6 Å². The summed E-state index contributed by atoms with van der Waals surface area (Å²) in [4.78, 5) is 11.3. The lowest BCUT2D eigenvalue weighted by atomic mass is 9.84. The quantitative estimate of drug-likeness (QED) is 0.576. The summed E-state index contributed by atoms with van der Waals surface area (Å²) in [5.41, 5.74) is 0.114. The lowest BCUT2D eigenvalue weighted by molar-refractivity contribution is -0.143. The van der Waals surface area contributed by atoms with Gasteiger partial charge in [0, 0.05) is 0 Å². The van der Waals surface area contributed by atoms with E-state index in [0.717, 1.165) is 32.1 Å². The Kier molecular flexibility index (Phi) is 2.85. The first-order valence-electron chi connectivity index (χ1n) is 5.26. The summed E-state index contributed by atoms with van der Waals surface area (Å²) in [6, 6.07) is 0. The SMILES string of the molecule is COC(=O)C1CC12CCC(S(=O)O)CC2. The Morgan fingerprint density at radius 1 is 1.47 bits per heavy atom. The normalized spacial score (nSPS) is 41.2. The molecular weight excluding hydrogens is 216 g/mol. The number of hydrogen-bond donors (Lipinski definition) is 1. The van der Waals surface area contributed by atoms with Gasteiger partial charge in [-0.25, -0.2) is 4.21 Å². The number of carbonyl (C=O) groups is 1. The number of esters is 1. The van der Waals surface area contributed by atoms with Gasteiger partial charge in [-0.2, -0.15) is 0 Å². The van der Waals surface area contributed by atoms with Crippen molar-refractivity contribution < 1.29 is 18.3 Å². The third kappa shape index (κ3) is 1.95. The molecule has 4 nitrogen and oxygen atoms in total. The Bertz CT molecular complexity index is 294. The first kappa shape index (κ1) is 11.1. The molecule has 1 N–H and O–H groups in total. The third-order valence-corrected chi connectivity index (χ3v) is 4.93. The van der Waals surface area contributed by atoms with E-state index in [2.05, 4.69) is 0 Å². The van der Waals surface area contributed by atoms with Crippen molar-refractivity contribution in [2.75, 3.05) is 7.11 Å². The maximum absolute atomic E-state index is 11.3. The van der Waals surface area contributed by atoms with E-state index in [1.54, 1.807) is 0 Å². The van der Waals surface area contributed by atoms with Gasteiger partial charge in [-0.1, -0.05) is 0 Å². The second-order valence-corrected chi connectivity index (χ2v) is 5.84.